The smallest absolute Gasteiger partial charge is 0.270 e. The molecule has 1 atom stereocenters. The first-order valence-electron chi connectivity index (χ1n) is 10.4. The molecule has 0 aromatic carbocycles. The summed E-state index contributed by atoms with van der Waals surface area (Å²) in [4.78, 5) is 33.2. The summed E-state index contributed by atoms with van der Waals surface area (Å²) >= 11 is 0. The second-order valence-corrected chi connectivity index (χ2v) is 8.30. The van der Waals surface area contributed by atoms with Gasteiger partial charge in [0.25, 0.3) is 5.91 Å². The molecule has 0 saturated carbocycles. The minimum absolute atomic E-state index is 0.0764. The number of carbonyl (C=O) groups excluding carboxylic acids is 2. The molecule has 0 spiro atoms. The zero-order chi connectivity index (χ0) is 23.2. The van der Waals surface area contributed by atoms with Gasteiger partial charge in [-0.2, -0.15) is 5.10 Å². The van der Waals surface area contributed by atoms with Crippen LogP contribution in [-0.2, 0) is 9.59 Å². The van der Waals surface area contributed by atoms with Crippen LogP contribution in [0, 0.1) is 23.7 Å². The number of hydrogen-bond acceptors (Lipinski definition) is 6. The maximum atomic E-state index is 12.3. The van der Waals surface area contributed by atoms with Crippen LogP contribution in [0.3, 0.4) is 0 Å². The zero-order valence-electron chi connectivity index (χ0n) is 18.5. The normalized spacial score (nSPS) is 14.8. The molecule has 0 aliphatic carbocycles. The molecular weight excluding hydrogens is 408 g/mol. The number of aromatic amines is 1. The molecule has 1 aliphatic rings. The summed E-state index contributed by atoms with van der Waals surface area (Å²) in [6.07, 6.45) is 3.52. The van der Waals surface area contributed by atoms with Gasteiger partial charge in [-0.15, -0.1) is 0 Å². The molecule has 10 heteroatoms. The Morgan fingerprint density at radius 3 is 2.62 bits per heavy atom. The first-order valence-corrected chi connectivity index (χ1v) is 10.4. The van der Waals surface area contributed by atoms with Crippen LogP contribution < -0.4 is 5.32 Å². The number of amides is 2. The minimum atomic E-state index is -0.543. The number of pyridine rings is 1. The topological polar surface area (TPSA) is 144 Å². The van der Waals surface area contributed by atoms with Gasteiger partial charge in [-0.05, 0) is 26.0 Å². The Hall–Kier alpha value is -3.82. The van der Waals surface area contributed by atoms with Crippen molar-refractivity contribution in [1.82, 2.24) is 24.6 Å². The Balaban J connectivity index is 1.53. The number of likely N-dealkylation sites (tertiary alicyclic amines) is 1. The minimum Gasteiger partial charge on any atom is -0.339 e. The second-order valence-electron chi connectivity index (χ2n) is 8.30. The summed E-state index contributed by atoms with van der Waals surface area (Å²) in [6.45, 7) is 8.08. The molecule has 166 valence electrons. The number of nitrogens with one attached hydrogen (secondary N) is 4. The van der Waals surface area contributed by atoms with Crippen LogP contribution in [0.25, 0.3) is 22.3 Å². The van der Waals surface area contributed by atoms with Crippen LogP contribution in [0.5, 0.6) is 0 Å². The number of nitrogens with zero attached hydrogens (tertiary/aromatic N) is 4. The number of anilines is 1. The van der Waals surface area contributed by atoms with Crippen LogP contribution in [-0.4, -0.2) is 61.0 Å². The monoisotopic (exact) mass is 434 g/mol. The van der Waals surface area contributed by atoms with E-state index in [0.29, 0.717) is 24.4 Å². The molecule has 1 unspecified atom stereocenters. The number of rotatable bonds is 6. The van der Waals surface area contributed by atoms with Gasteiger partial charge in [-0.25, -0.2) is 4.98 Å². The van der Waals surface area contributed by atoms with Gasteiger partial charge in [-0.1, -0.05) is 6.92 Å². The summed E-state index contributed by atoms with van der Waals surface area (Å²) in [6, 6.07) is 3.93. The molecule has 32 heavy (non-hydrogen) atoms. The van der Waals surface area contributed by atoms with Crippen molar-refractivity contribution < 1.29 is 9.59 Å². The average Bonchev–Trinajstić information content (AvgIpc) is 3.27. The van der Waals surface area contributed by atoms with E-state index in [9.17, 15) is 9.59 Å². The highest BCUT2D eigenvalue weighted by atomic mass is 16.2. The molecule has 3 aromatic rings. The van der Waals surface area contributed by atoms with E-state index in [1.54, 1.807) is 31.7 Å². The van der Waals surface area contributed by atoms with Crippen molar-refractivity contribution in [3.63, 3.8) is 0 Å². The highest BCUT2D eigenvalue weighted by Crippen LogP contribution is 2.29. The Morgan fingerprint density at radius 1 is 1.25 bits per heavy atom. The molecule has 1 saturated heterocycles. The van der Waals surface area contributed by atoms with Gasteiger partial charge in [0.2, 0.25) is 5.91 Å². The van der Waals surface area contributed by atoms with Crippen LogP contribution >= 0.6 is 0 Å². The summed E-state index contributed by atoms with van der Waals surface area (Å²) in [5.41, 5.74) is 3.95. The lowest BCUT2D eigenvalue weighted by Gasteiger charge is -2.38. The number of carbonyl (C=O) groups is 2. The third-order valence-corrected chi connectivity index (χ3v) is 5.94. The molecule has 0 radical (unpaired) electrons. The molecule has 4 N–H and O–H groups in total. The van der Waals surface area contributed by atoms with Crippen molar-refractivity contribution in [2.75, 3.05) is 18.4 Å². The molecule has 0 bridgehead atoms. The predicted octanol–water partition coefficient (Wildman–Crippen LogP) is 2.77. The number of H-pyrrole nitrogens is 1. The fraction of sp³-hybridized carbons (Fsp3) is 0.364. The van der Waals surface area contributed by atoms with Gasteiger partial charge in [0.15, 0.2) is 0 Å². The maximum absolute atomic E-state index is 12.3. The van der Waals surface area contributed by atoms with E-state index in [0.717, 1.165) is 22.3 Å². The zero-order valence-corrected chi connectivity index (χ0v) is 18.5. The van der Waals surface area contributed by atoms with Crippen LogP contribution in [0.1, 0.15) is 32.5 Å². The van der Waals surface area contributed by atoms with Gasteiger partial charge < -0.3 is 20.6 Å². The molecule has 1 aliphatic heterocycles. The summed E-state index contributed by atoms with van der Waals surface area (Å²) in [5, 5.41) is 23.7. The average molecular weight is 435 g/mol. The second kappa shape index (κ2) is 8.03. The number of fused-ring (bicyclic) bond motifs is 1. The number of hydrogen-bond donors (Lipinski definition) is 4. The maximum Gasteiger partial charge on any atom is 0.270 e. The lowest BCUT2D eigenvalue weighted by molar-refractivity contribution is -0.134. The van der Waals surface area contributed by atoms with Crippen LogP contribution in [0.2, 0.25) is 0 Å². The highest BCUT2D eigenvalue weighted by molar-refractivity contribution is 6.45. The molecular formula is C22H26N8O2. The fourth-order valence-electron chi connectivity index (χ4n) is 3.65. The van der Waals surface area contributed by atoms with Gasteiger partial charge in [-0.3, -0.25) is 19.7 Å². The predicted molar refractivity (Wildman–Crippen MR) is 122 cm³/mol. The van der Waals surface area contributed by atoms with Crippen molar-refractivity contribution in [1.29, 1.82) is 10.8 Å². The molecule has 10 nitrogen and oxygen atoms in total. The van der Waals surface area contributed by atoms with Crippen molar-refractivity contribution >= 4 is 40.0 Å². The lowest BCUT2D eigenvalue weighted by atomic mass is 10.0. The highest BCUT2D eigenvalue weighted by Gasteiger charge is 2.31. The third kappa shape index (κ3) is 3.91. The molecule has 4 heterocycles. The summed E-state index contributed by atoms with van der Waals surface area (Å²) in [7, 11) is 0. The Kier molecular flexibility index (Phi) is 5.37. The van der Waals surface area contributed by atoms with E-state index in [1.165, 1.54) is 6.20 Å². The van der Waals surface area contributed by atoms with Crippen LogP contribution in [0.4, 0.5) is 5.69 Å². The molecule has 2 amide bonds. The quantitative estimate of drug-likeness (QED) is 0.442. The van der Waals surface area contributed by atoms with Crippen molar-refractivity contribution in [2.45, 2.75) is 33.7 Å². The van der Waals surface area contributed by atoms with Gasteiger partial charge in [0.05, 0.1) is 29.3 Å². The lowest BCUT2D eigenvalue weighted by Crippen LogP contribution is -2.50. The Morgan fingerprint density at radius 2 is 1.97 bits per heavy atom. The number of aryl methyl sites for hydroxylation is 1. The number of aromatic nitrogens is 4. The Bertz CT molecular complexity index is 1250. The summed E-state index contributed by atoms with van der Waals surface area (Å²) < 4.78 is 1.91. The van der Waals surface area contributed by atoms with Crippen molar-refractivity contribution in [2.24, 2.45) is 5.92 Å². The van der Waals surface area contributed by atoms with Crippen LogP contribution in [0.15, 0.2) is 24.5 Å². The van der Waals surface area contributed by atoms with E-state index >= 15 is 0 Å². The van der Waals surface area contributed by atoms with Gasteiger partial charge in [0.1, 0.15) is 11.4 Å². The standard InChI is InChI=1S/C22H26N8O2/c1-11(12(2)23)20(24)22(32)26-16-5-15-6-19(27-21(15)25-7-16)18-10-30(28-13(18)3)17-8-29(9-17)14(4)31/h5-7,10-11,17,23-24H,8-9H2,1-4H3,(H,25,27)(H,26,32). The SMILES string of the molecule is CC(=N)C(C)C(=N)C(=O)Nc1cnc2[nH]c(-c3cn(C4CN(C(C)=O)C4)nc3C)cc2c1. The van der Waals surface area contributed by atoms with E-state index in [-0.39, 0.29) is 23.4 Å². The Labute approximate surface area is 185 Å². The first kappa shape index (κ1) is 21.4. The van der Waals surface area contributed by atoms with E-state index in [4.69, 9.17) is 10.8 Å². The van der Waals surface area contributed by atoms with Crippen molar-refractivity contribution in [3.05, 3.63) is 30.2 Å². The first-order chi connectivity index (χ1) is 15.1. The summed E-state index contributed by atoms with van der Waals surface area (Å²) in [5.74, 6) is -1.01. The van der Waals surface area contributed by atoms with Crippen molar-refractivity contribution in [3.8, 4) is 11.3 Å². The van der Waals surface area contributed by atoms with E-state index in [1.807, 2.05) is 23.9 Å². The largest absolute Gasteiger partial charge is 0.339 e. The molecule has 3 aromatic heterocycles. The van der Waals surface area contributed by atoms with E-state index < -0.39 is 11.8 Å². The van der Waals surface area contributed by atoms with Gasteiger partial charge in [0, 0.05) is 48.8 Å². The van der Waals surface area contributed by atoms with Gasteiger partial charge >= 0.3 is 0 Å². The fourth-order valence-corrected chi connectivity index (χ4v) is 3.65. The van der Waals surface area contributed by atoms with E-state index in [2.05, 4.69) is 20.4 Å². The molecule has 4 rings (SSSR count). The molecule has 1 fully saturated rings. The third-order valence-electron chi connectivity index (χ3n) is 5.94.